The highest BCUT2D eigenvalue weighted by Crippen LogP contribution is 2.31. The van der Waals surface area contributed by atoms with Crippen LogP contribution in [0.4, 0.5) is 0 Å². The molecule has 0 amide bonds. The summed E-state index contributed by atoms with van der Waals surface area (Å²) in [5, 5.41) is 2.76. The first-order valence-corrected chi connectivity index (χ1v) is 8.27. The lowest BCUT2D eigenvalue weighted by Crippen LogP contribution is -1.89. The van der Waals surface area contributed by atoms with E-state index in [4.69, 9.17) is 27.9 Å². The molecule has 0 aliphatic rings. The van der Waals surface area contributed by atoms with Crippen LogP contribution in [0, 0.1) is 0 Å². The third-order valence-electron chi connectivity index (χ3n) is 3.11. The van der Waals surface area contributed by atoms with Crippen molar-refractivity contribution in [2.24, 2.45) is 0 Å². The monoisotopic (exact) mass is 350 g/mol. The van der Waals surface area contributed by atoms with Crippen LogP contribution in [-0.2, 0) is 5.75 Å². The van der Waals surface area contributed by atoms with E-state index in [1.165, 1.54) is 5.56 Å². The summed E-state index contributed by atoms with van der Waals surface area (Å²) in [4.78, 5) is 8.69. The normalized spacial score (nSPS) is 10.9. The number of hydrogen-bond acceptors (Lipinski definition) is 4. The van der Waals surface area contributed by atoms with Gasteiger partial charge < -0.3 is 4.74 Å². The fourth-order valence-electron chi connectivity index (χ4n) is 2.02. The Bertz CT molecular complexity index is 809. The van der Waals surface area contributed by atoms with Gasteiger partial charge in [0.2, 0.25) is 0 Å². The lowest BCUT2D eigenvalue weighted by molar-refractivity contribution is 0.414. The molecule has 2 aromatic heterocycles. The van der Waals surface area contributed by atoms with Gasteiger partial charge in [-0.2, -0.15) is 0 Å². The van der Waals surface area contributed by atoms with Crippen LogP contribution in [0.15, 0.2) is 47.6 Å². The molecule has 0 saturated heterocycles. The number of hydrogen-bond donors (Lipinski definition) is 0. The summed E-state index contributed by atoms with van der Waals surface area (Å²) in [7, 11) is 1.66. The Morgan fingerprint density at radius 3 is 2.64 bits per heavy atom. The predicted octanol–water partition coefficient (Wildman–Crippen LogP) is 5.24. The van der Waals surface area contributed by atoms with Crippen LogP contribution in [0.25, 0.3) is 10.9 Å². The smallest absolute Gasteiger partial charge is 0.132 e. The Morgan fingerprint density at radius 1 is 1.14 bits per heavy atom. The Balaban J connectivity index is 1.87. The third-order valence-corrected chi connectivity index (χ3v) is 4.58. The van der Waals surface area contributed by atoms with Gasteiger partial charge >= 0.3 is 0 Å². The van der Waals surface area contributed by atoms with E-state index < -0.39 is 0 Å². The number of ether oxygens (including phenoxy) is 1. The quantitative estimate of drug-likeness (QED) is 0.476. The maximum atomic E-state index is 6.07. The fraction of sp³-hybridized carbons (Fsp3) is 0.125. The summed E-state index contributed by atoms with van der Waals surface area (Å²) in [5.74, 6) is 1.62. The highest BCUT2D eigenvalue weighted by molar-refractivity contribution is 7.98. The van der Waals surface area contributed by atoms with Gasteiger partial charge in [-0.15, -0.1) is 11.8 Å². The van der Waals surface area contributed by atoms with E-state index in [-0.39, 0.29) is 0 Å². The molecule has 3 rings (SSSR count). The topological polar surface area (TPSA) is 35.0 Å². The standard InChI is InChI=1S/C16H12Cl2N2OS/c1-21-12-4-2-10(3-5-12)9-22-16-13-6-11(17)8-19-14(13)7-15(18)20-16/h2-8H,9H2,1H3. The first-order chi connectivity index (χ1) is 10.7. The second-order valence-electron chi connectivity index (χ2n) is 4.61. The van der Waals surface area contributed by atoms with E-state index in [1.54, 1.807) is 31.1 Å². The minimum atomic E-state index is 0.430. The lowest BCUT2D eigenvalue weighted by Gasteiger charge is -2.07. The third kappa shape index (κ3) is 3.46. The summed E-state index contributed by atoms with van der Waals surface area (Å²) >= 11 is 13.7. The molecule has 6 heteroatoms. The van der Waals surface area contributed by atoms with Crippen LogP contribution in [0.3, 0.4) is 0 Å². The molecule has 0 aliphatic heterocycles. The van der Waals surface area contributed by atoms with Gasteiger partial charge in [-0.1, -0.05) is 35.3 Å². The van der Waals surface area contributed by atoms with Gasteiger partial charge in [0.1, 0.15) is 15.9 Å². The zero-order valence-corrected chi connectivity index (χ0v) is 14.0. The van der Waals surface area contributed by atoms with Crippen LogP contribution in [0.5, 0.6) is 5.75 Å². The van der Waals surface area contributed by atoms with E-state index >= 15 is 0 Å². The van der Waals surface area contributed by atoms with Gasteiger partial charge in [0.15, 0.2) is 0 Å². The molecule has 2 heterocycles. The number of halogens is 2. The molecule has 0 atom stereocenters. The van der Waals surface area contributed by atoms with Crippen molar-refractivity contribution in [1.29, 1.82) is 0 Å². The van der Waals surface area contributed by atoms with E-state index in [0.29, 0.717) is 10.2 Å². The number of methoxy groups -OCH3 is 1. The fourth-order valence-corrected chi connectivity index (χ4v) is 3.40. The number of nitrogens with zero attached hydrogens (tertiary/aromatic N) is 2. The summed E-state index contributed by atoms with van der Waals surface area (Å²) in [5.41, 5.74) is 1.97. The van der Waals surface area contributed by atoms with Crippen LogP contribution < -0.4 is 4.74 Å². The van der Waals surface area contributed by atoms with Gasteiger partial charge in [-0.25, -0.2) is 4.98 Å². The number of thioether (sulfide) groups is 1. The number of pyridine rings is 2. The molecule has 0 radical (unpaired) electrons. The molecule has 3 aromatic rings. The lowest BCUT2D eigenvalue weighted by atomic mass is 10.2. The van der Waals surface area contributed by atoms with E-state index in [1.807, 2.05) is 30.3 Å². The molecule has 0 unspecified atom stereocenters. The number of aromatic nitrogens is 2. The molecule has 3 nitrogen and oxygen atoms in total. The molecular formula is C16H12Cl2N2OS. The first-order valence-electron chi connectivity index (χ1n) is 6.53. The van der Waals surface area contributed by atoms with Gasteiger partial charge in [0, 0.05) is 23.4 Å². The maximum Gasteiger partial charge on any atom is 0.132 e. The van der Waals surface area contributed by atoms with Crippen LogP contribution in [-0.4, -0.2) is 17.1 Å². The van der Waals surface area contributed by atoms with Crippen molar-refractivity contribution in [3.8, 4) is 5.75 Å². The SMILES string of the molecule is COc1ccc(CSc2nc(Cl)cc3ncc(Cl)cc23)cc1. The summed E-state index contributed by atoms with van der Waals surface area (Å²) in [6.07, 6.45) is 1.61. The second-order valence-corrected chi connectivity index (χ2v) is 6.39. The number of benzene rings is 1. The maximum absolute atomic E-state index is 6.07. The number of fused-ring (bicyclic) bond motifs is 1. The zero-order chi connectivity index (χ0) is 15.5. The molecule has 22 heavy (non-hydrogen) atoms. The average Bonchev–Trinajstić information content (AvgIpc) is 2.53. The summed E-state index contributed by atoms with van der Waals surface area (Å²) in [6, 6.07) is 11.6. The van der Waals surface area contributed by atoms with Crippen molar-refractivity contribution in [2.45, 2.75) is 10.8 Å². The molecule has 0 spiro atoms. The van der Waals surface area contributed by atoms with Crippen molar-refractivity contribution in [1.82, 2.24) is 9.97 Å². The molecule has 112 valence electrons. The molecule has 0 bridgehead atoms. The van der Waals surface area contributed by atoms with Crippen LogP contribution in [0.1, 0.15) is 5.56 Å². The molecule has 0 saturated carbocycles. The molecule has 0 fully saturated rings. The second kappa shape index (κ2) is 6.73. The summed E-state index contributed by atoms with van der Waals surface area (Å²) < 4.78 is 5.16. The van der Waals surface area contributed by atoms with Crippen molar-refractivity contribution in [3.05, 3.63) is 58.3 Å². The van der Waals surface area contributed by atoms with Gasteiger partial charge in [0.25, 0.3) is 0 Å². The number of rotatable bonds is 4. The van der Waals surface area contributed by atoms with Crippen molar-refractivity contribution in [2.75, 3.05) is 7.11 Å². The Labute approximate surface area is 142 Å². The Hall–Kier alpha value is -1.49. The largest absolute Gasteiger partial charge is 0.497 e. The van der Waals surface area contributed by atoms with E-state index in [9.17, 15) is 0 Å². The highest BCUT2D eigenvalue weighted by atomic mass is 35.5. The van der Waals surface area contributed by atoms with Gasteiger partial charge in [-0.05, 0) is 23.8 Å². The molecule has 0 aliphatic carbocycles. The Morgan fingerprint density at radius 2 is 1.91 bits per heavy atom. The highest BCUT2D eigenvalue weighted by Gasteiger charge is 2.08. The van der Waals surface area contributed by atoms with Crippen LogP contribution in [0.2, 0.25) is 10.2 Å². The first kappa shape index (κ1) is 15.4. The predicted molar refractivity (Wildman–Crippen MR) is 92.1 cm³/mol. The zero-order valence-electron chi connectivity index (χ0n) is 11.7. The van der Waals surface area contributed by atoms with Crippen LogP contribution >= 0.6 is 35.0 Å². The van der Waals surface area contributed by atoms with Gasteiger partial charge in [0.05, 0.1) is 17.6 Å². The van der Waals surface area contributed by atoms with Gasteiger partial charge in [-0.3, -0.25) is 4.98 Å². The molecular weight excluding hydrogens is 339 g/mol. The van der Waals surface area contributed by atoms with E-state index in [0.717, 1.165) is 27.4 Å². The van der Waals surface area contributed by atoms with Crippen molar-refractivity contribution in [3.63, 3.8) is 0 Å². The van der Waals surface area contributed by atoms with Crippen molar-refractivity contribution < 1.29 is 4.74 Å². The molecule has 0 N–H and O–H groups in total. The van der Waals surface area contributed by atoms with Crippen molar-refractivity contribution >= 4 is 45.9 Å². The molecule has 1 aromatic carbocycles. The summed E-state index contributed by atoms with van der Waals surface area (Å²) in [6.45, 7) is 0. The van der Waals surface area contributed by atoms with E-state index in [2.05, 4.69) is 9.97 Å². The Kier molecular flexibility index (Phi) is 4.71. The minimum absolute atomic E-state index is 0.430. The average molecular weight is 351 g/mol. The minimum Gasteiger partial charge on any atom is -0.497 e.